The first-order chi connectivity index (χ1) is 9.04. The fourth-order valence-electron chi connectivity index (χ4n) is 2.17. The Morgan fingerprint density at radius 3 is 2.84 bits per heavy atom. The van der Waals surface area contributed by atoms with Crippen molar-refractivity contribution in [1.82, 2.24) is 9.88 Å². The predicted octanol–water partition coefficient (Wildman–Crippen LogP) is 1.86. The summed E-state index contributed by atoms with van der Waals surface area (Å²) < 4.78 is 0.860. The Morgan fingerprint density at radius 1 is 1.58 bits per heavy atom. The number of piperidine rings is 1. The summed E-state index contributed by atoms with van der Waals surface area (Å²) in [4.78, 5) is 17.2. The number of likely N-dealkylation sites (tertiary alicyclic amines) is 1. The fraction of sp³-hybridized carbons (Fsp3) is 0.500. The lowest BCUT2D eigenvalue weighted by atomic mass is 10.1. The van der Waals surface area contributed by atoms with Crippen LogP contribution in [0.5, 0.6) is 0 Å². The largest absolute Gasteiger partial charge is 0.369 e. The van der Waals surface area contributed by atoms with E-state index in [1.165, 1.54) is 0 Å². The molecule has 3 N–H and O–H groups in total. The molecule has 1 aliphatic heterocycles. The highest BCUT2D eigenvalue weighted by molar-refractivity contribution is 9.10. The maximum absolute atomic E-state index is 10.8. The molecule has 0 bridgehead atoms. The quantitative estimate of drug-likeness (QED) is 0.872. The zero-order valence-electron chi connectivity index (χ0n) is 10.4. The van der Waals surface area contributed by atoms with Gasteiger partial charge in [-0.2, -0.15) is 0 Å². The average molecular weight is 348 g/mol. The smallest absolute Gasteiger partial charge is 0.231 e. The van der Waals surface area contributed by atoms with E-state index in [-0.39, 0.29) is 5.91 Å². The van der Waals surface area contributed by atoms with Crippen LogP contribution in [0.2, 0.25) is 5.02 Å². The molecule has 0 unspecified atom stereocenters. The number of primary amides is 1. The topological polar surface area (TPSA) is 71.2 Å². The maximum Gasteiger partial charge on any atom is 0.231 e. The molecule has 104 valence electrons. The monoisotopic (exact) mass is 346 g/mol. The molecule has 0 aliphatic carbocycles. The van der Waals surface area contributed by atoms with E-state index in [9.17, 15) is 4.79 Å². The van der Waals surface area contributed by atoms with E-state index in [1.807, 2.05) is 6.07 Å². The van der Waals surface area contributed by atoms with Crippen LogP contribution < -0.4 is 11.1 Å². The van der Waals surface area contributed by atoms with Gasteiger partial charge in [-0.25, -0.2) is 4.98 Å². The molecule has 1 amide bonds. The van der Waals surface area contributed by atoms with Crippen LogP contribution >= 0.6 is 27.5 Å². The number of aromatic nitrogens is 1. The van der Waals surface area contributed by atoms with Gasteiger partial charge < -0.3 is 11.1 Å². The Labute approximate surface area is 125 Å². The molecule has 0 atom stereocenters. The number of nitrogens with zero attached hydrogens (tertiary/aromatic N) is 2. The Balaban J connectivity index is 1.87. The van der Waals surface area contributed by atoms with E-state index >= 15 is 0 Å². The van der Waals surface area contributed by atoms with Gasteiger partial charge >= 0.3 is 0 Å². The van der Waals surface area contributed by atoms with E-state index in [0.717, 1.165) is 30.4 Å². The molecule has 19 heavy (non-hydrogen) atoms. The van der Waals surface area contributed by atoms with Crippen LogP contribution in [-0.4, -0.2) is 41.5 Å². The minimum atomic E-state index is -0.274. The zero-order chi connectivity index (χ0) is 13.8. The Hall–Kier alpha value is -0.850. The van der Waals surface area contributed by atoms with Crippen molar-refractivity contribution in [3.63, 3.8) is 0 Å². The van der Waals surface area contributed by atoms with Crippen molar-refractivity contribution < 1.29 is 4.79 Å². The number of halogens is 2. The summed E-state index contributed by atoms with van der Waals surface area (Å²) in [6, 6.07) is 2.15. The lowest BCUT2D eigenvalue weighted by molar-refractivity contribution is -0.119. The summed E-state index contributed by atoms with van der Waals surface area (Å²) in [5.41, 5.74) is 5.19. The number of anilines is 1. The summed E-state index contributed by atoms with van der Waals surface area (Å²) in [5, 5.41) is 3.95. The second-order valence-corrected chi connectivity index (χ2v) is 5.97. The Bertz CT molecular complexity index is 463. The number of rotatable bonds is 4. The van der Waals surface area contributed by atoms with Crippen molar-refractivity contribution in [2.75, 3.05) is 25.0 Å². The van der Waals surface area contributed by atoms with Gasteiger partial charge in [-0.15, -0.1) is 0 Å². The molecule has 0 spiro atoms. The van der Waals surface area contributed by atoms with E-state index in [0.29, 0.717) is 23.4 Å². The predicted molar refractivity (Wildman–Crippen MR) is 79.2 cm³/mol. The van der Waals surface area contributed by atoms with Crippen molar-refractivity contribution in [2.24, 2.45) is 5.73 Å². The summed E-state index contributed by atoms with van der Waals surface area (Å²) in [7, 11) is 0. The summed E-state index contributed by atoms with van der Waals surface area (Å²) >= 11 is 9.45. The van der Waals surface area contributed by atoms with Crippen LogP contribution in [0.15, 0.2) is 16.7 Å². The summed E-state index contributed by atoms with van der Waals surface area (Å²) in [5.74, 6) is 0.433. The van der Waals surface area contributed by atoms with Crippen LogP contribution in [0.4, 0.5) is 5.82 Å². The first-order valence-corrected chi connectivity index (χ1v) is 7.30. The molecule has 0 radical (unpaired) electrons. The van der Waals surface area contributed by atoms with Crippen molar-refractivity contribution in [3.05, 3.63) is 21.8 Å². The third-order valence-electron chi connectivity index (χ3n) is 3.12. The minimum Gasteiger partial charge on any atom is -0.369 e. The number of hydrogen-bond donors (Lipinski definition) is 2. The number of hydrogen-bond acceptors (Lipinski definition) is 4. The second-order valence-electron chi connectivity index (χ2n) is 4.65. The molecule has 0 aromatic carbocycles. The minimum absolute atomic E-state index is 0.274. The third kappa shape index (κ3) is 4.33. The van der Waals surface area contributed by atoms with E-state index in [4.69, 9.17) is 17.3 Å². The highest BCUT2D eigenvalue weighted by Gasteiger charge is 2.20. The van der Waals surface area contributed by atoms with E-state index in [2.05, 4.69) is 31.1 Å². The van der Waals surface area contributed by atoms with Gasteiger partial charge in [-0.3, -0.25) is 9.69 Å². The fourth-order valence-corrected chi connectivity index (χ4v) is 2.85. The molecule has 1 saturated heterocycles. The van der Waals surface area contributed by atoms with Gasteiger partial charge in [0.1, 0.15) is 5.82 Å². The molecule has 1 fully saturated rings. The van der Waals surface area contributed by atoms with Gasteiger partial charge in [0.2, 0.25) is 5.91 Å². The maximum atomic E-state index is 10.8. The van der Waals surface area contributed by atoms with Crippen molar-refractivity contribution in [2.45, 2.75) is 18.9 Å². The van der Waals surface area contributed by atoms with Crippen LogP contribution in [0.25, 0.3) is 0 Å². The van der Waals surface area contributed by atoms with E-state index in [1.54, 1.807) is 6.20 Å². The number of pyridine rings is 1. The molecule has 2 rings (SSSR count). The Kier molecular flexibility index (Phi) is 5.01. The molecule has 1 aromatic heterocycles. The van der Waals surface area contributed by atoms with Crippen molar-refractivity contribution in [3.8, 4) is 0 Å². The first kappa shape index (κ1) is 14.6. The highest BCUT2D eigenvalue weighted by atomic mass is 79.9. The molecule has 2 heterocycles. The highest BCUT2D eigenvalue weighted by Crippen LogP contribution is 2.25. The van der Waals surface area contributed by atoms with E-state index < -0.39 is 0 Å². The number of nitrogens with two attached hydrogens (primary N) is 1. The molecular formula is C12H16BrClN4O. The van der Waals surface area contributed by atoms with Crippen LogP contribution in [0.1, 0.15) is 12.8 Å². The molecule has 1 aliphatic rings. The lowest BCUT2D eigenvalue weighted by Crippen LogP contribution is -2.43. The Morgan fingerprint density at radius 2 is 2.26 bits per heavy atom. The van der Waals surface area contributed by atoms with Gasteiger partial charge in [0.15, 0.2) is 0 Å². The van der Waals surface area contributed by atoms with Gasteiger partial charge in [-0.05, 0) is 34.8 Å². The van der Waals surface area contributed by atoms with Crippen LogP contribution in [-0.2, 0) is 4.79 Å². The van der Waals surface area contributed by atoms with Crippen molar-refractivity contribution >= 4 is 39.3 Å². The number of carbonyl (C=O) groups is 1. The normalized spacial score (nSPS) is 17.4. The second kappa shape index (κ2) is 6.54. The summed E-state index contributed by atoms with van der Waals surface area (Å²) in [6.45, 7) is 2.05. The molecule has 7 heteroatoms. The number of carbonyl (C=O) groups excluding carboxylic acids is 1. The number of amides is 1. The molecule has 5 nitrogen and oxygen atoms in total. The van der Waals surface area contributed by atoms with Crippen molar-refractivity contribution in [1.29, 1.82) is 0 Å². The standard InChI is InChI=1S/C12H16BrClN4O/c13-8-5-10(14)12(16-6-8)17-9-1-3-18(4-2-9)7-11(15)19/h5-6,9H,1-4,7H2,(H2,15,19)(H,16,17). The molecule has 0 saturated carbocycles. The van der Waals surface area contributed by atoms with Crippen LogP contribution in [0, 0.1) is 0 Å². The summed E-state index contributed by atoms with van der Waals surface area (Å²) in [6.07, 6.45) is 3.61. The van der Waals surface area contributed by atoms with Gasteiger partial charge in [0.05, 0.1) is 11.6 Å². The van der Waals surface area contributed by atoms with Gasteiger partial charge in [0.25, 0.3) is 0 Å². The third-order valence-corrected chi connectivity index (χ3v) is 3.84. The lowest BCUT2D eigenvalue weighted by Gasteiger charge is -2.31. The van der Waals surface area contributed by atoms with Gasteiger partial charge in [0, 0.05) is 29.8 Å². The number of nitrogens with one attached hydrogen (secondary N) is 1. The van der Waals surface area contributed by atoms with Crippen LogP contribution in [0.3, 0.4) is 0 Å². The first-order valence-electron chi connectivity index (χ1n) is 6.13. The van der Waals surface area contributed by atoms with Gasteiger partial charge in [-0.1, -0.05) is 11.6 Å². The molecular weight excluding hydrogens is 332 g/mol. The zero-order valence-corrected chi connectivity index (χ0v) is 12.7. The SMILES string of the molecule is NC(=O)CN1CCC(Nc2ncc(Br)cc2Cl)CC1. The molecule has 1 aromatic rings. The average Bonchev–Trinajstić information content (AvgIpc) is 2.34.